The van der Waals surface area contributed by atoms with Crippen molar-refractivity contribution in [1.29, 1.82) is 0 Å². The SMILES string of the molecule is Cc1ncc(F)c2c(S(=O)(=O)CC(C)CN(CCCO)C(=O)OC(C)(C)C)cccc12. The molecule has 1 atom stereocenters. The Bertz CT molecular complexity index is 1030. The van der Waals surface area contributed by atoms with E-state index in [1.54, 1.807) is 46.8 Å². The van der Waals surface area contributed by atoms with Gasteiger partial charge in [0.25, 0.3) is 0 Å². The van der Waals surface area contributed by atoms with Crippen molar-refractivity contribution in [1.82, 2.24) is 9.88 Å². The molecule has 1 N–H and O–H groups in total. The molecule has 1 amide bonds. The second-order valence-corrected chi connectivity index (χ2v) is 10.8. The van der Waals surface area contributed by atoms with Crippen molar-refractivity contribution in [2.45, 2.75) is 51.5 Å². The highest BCUT2D eigenvalue weighted by Gasteiger charge is 2.27. The van der Waals surface area contributed by atoms with Gasteiger partial charge in [0.2, 0.25) is 0 Å². The molecule has 1 aromatic heterocycles. The van der Waals surface area contributed by atoms with Crippen LogP contribution in [0.4, 0.5) is 9.18 Å². The van der Waals surface area contributed by atoms with Crippen molar-refractivity contribution in [2.75, 3.05) is 25.4 Å². The maximum Gasteiger partial charge on any atom is 0.410 e. The van der Waals surface area contributed by atoms with E-state index >= 15 is 0 Å². The number of carbonyl (C=O) groups excluding carboxylic acids is 1. The lowest BCUT2D eigenvalue weighted by molar-refractivity contribution is 0.0219. The fraction of sp³-hybridized carbons (Fsp3) is 0.545. The predicted octanol–water partition coefficient (Wildman–Crippen LogP) is 3.71. The molecule has 2 aromatic rings. The molecule has 0 aliphatic heterocycles. The van der Waals surface area contributed by atoms with E-state index in [4.69, 9.17) is 9.84 Å². The normalized spacial score (nSPS) is 13.3. The molecule has 0 spiro atoms. The third-order valence-corrected chi connectivity index (χ3v) is 6.65. The minimum atomic E-state index is -3.85. The van der Waals surface area contributed by atoms with Crippen LogP contribution >= 0.6 is 0 Å². The van der Waals surface area contributed by atoms with Gasteiger partial charge in [0.15, 0.2) is 15.7 Å². The lowest BCUT2D eigenvalue weighted by Gasteiger charge is -2.29. The van der Waals surface area contributed by atoms with E-state index in [1.807, 2.05) is 0 Å². The zero-order valence-corrected chi connectivity index (χ0v) is 19.5. The summed E-state index contributed by atoms with van der Waals surface area (Å²) in [5, 5.41) is 9.62. The number of pyridine rings is 1. The monoisotopic (exact) mass is 454 g/mol. The molecule has 0 aliphatic rings. The Hall–Kier alpha value is -2.26. The van der Waals surface area contributed by atoms with Crippen LogP contribution in [0.15, 0.2) is 29.3 Å². The Morgan fingerprint density at radius 1 is 1.32 bits per heavy atom. The number of amides is 1. The highest BCUT2D eigenvalue weighted by atomic mass is 32.2. The van der Waals surface area contributed by atoms with Crippen molar-refractivity contribution in [2.24, 2.45) is 5.92 Å². The van der Waals surface area contributed by atoms with Crippen LogP contribution in [0.3, 0.4) is 0 Å². The van der Waals surface area contributed by atoms with Crippen molar-refractivity contribution in [3.05, 3.63) is 35.9 Å². The van der Waals surface area contributed by atoms with Crippen LogP contribution in [-0.2, 0) is 14.6 Å². The number of aliphatic hydroxyl groups excluding tert-OH is 1. The molecule has 0 bridgehead atoms. The maximum atomic E-state index is 14.5. The summed E-state index contributed by atoms with van der Waals surface area (Å²) in [6.45, 7) is 8.90. The van der Waals surface area contributed by atoms with Crippen molar-refractivity contribution < 1.29 is 27.4 Å². The van der Waals surface area contributed by atoms with E-state index in [0.29, 0.717) is 17.5 Å². The molecule has 0 aliphatic carbocycles. The Kier molecular flexibility index (Phi) is 7.99. The fourth-order valence-corrected chi connectivity index (χ4v) is 5.20. The number of hydrogen-bond donors (Lipinski definition) is 1. The van der Waals surface area contributed by atoms with Crippen molar-refractivity contribution in [3.8, 4) is 0 Å². The molecule has 9 heteroatoms. The van der Waals surface area contributed by atoms with E-state index in [-0.39, 0.29) is 35.7 Å². The number of halogens is 1. The number of rotatable bonds is 8. The number of ether oxygens (including phenoxy) is 1. The minimum absolute atomic E-state index is 0.0338. The first-order chi connectivity index (χ1) is 14.4. The number of sulfone groups is 1. The number of carbonyl (C=O) groups is 1. The number of aliphatic hydroxyl groups is 1. The summed E-state index contributed by atoms with van der Waals surface area (Å²) in [6.07, 6.45) is 0.807. The molecule has 0 radical (unpaired) electrons. The molecule has 1 aromatic carbocycles. The molecule has 0 fully saturated rings. The van der Waals surface area contributed by atoms with E-state index in [2.05, 4.69) is 4.98 Å². The van der Waals surface area contributed by atoms with Gasteiger partial charge in [0.05, 0.1) is 16.8 Å². The lowest BCUT2D eigenvalue weighted by Crippen LogP contribution is -2.41. The molecule has 1 unspecified atom stereocenters. The van der Waals surface area contributed by atoms with Gasteiger partial charge >= 0.3 is 6.09 Å². The lowest BCUT2D eigenvalue weighted by atomic mass is 10.1. The molecule has 0 saturated heterocycles. The predicted molar refractivity (Wildman–Crippen MR) is 117 cm³/mol. The zero-order valence-electron chi connectivity index (χ0n) is 18.7. The van der Waals surface area contributed by atoms with Gasteiger partial charge < -0.3 is 14.7 Å². The zero-order chi connectivity index (χ0) is 23.4. The summed E-state index contributed by atoms with van der Waals surface area (Å²) in [4.78, 5) is 17.8. The standard InChI is InChI=1S/C22H31FN2O5S/c1-15(13-25(10-7-11-26)21(27)30-22(3,4)5)14-31(28,29)19-9-6-8-17-16(2)24-12-18(23)20(17)19/h6,8-9,12,15,26H,7,10-11,13-14H2,1-5H3. The maximum absolute atomic E-state index is 14.5. The minimum Gasteiger partial charge on any atom is -0.444 e. The third-order valence-electron chi connectivity index (χ3n) is 4.64. The van der Waals surface area contributed by atoms with Crippen LogP contribution in [0.1, 0.15) is 39.8 Å². The van der Waals surface area contributed by atoms with Crippen LogP contribution < -0.4 is 0 Å². The van der Waals surface area contributed by atoms with Gasteiger partial charge in [0, 0.05) is 36.2 Å². The van der Waals surface area contributed by atoms with E-state index < -0.39 is 33.3 Å². The van der Waals surface area contributed by atoms with E-state index in [1.165, 1.54) is 11.0 Å². The number of fused-ring (bicyclic) bond motifs is 1. The summed E-state index contributed by atoms with van der Waals surface area (Å²) in [5.74, 6) is -1.41. The first-order valence-electron chi connectivity index (χ1n) is 10.2. The molecule has 7 nitrogen and oxygen atoms in total. The topological polar surface area (TPSA) is 96.8 Å². The number of aryl methyl sites for hydroxylation is 1. The Labute approximate surface area is 183 Å². The molecule has 1 heterocycles. The quantitative estimate of drug-likeness (QED) is 0.653. The average molecular weight is 455 g/mol. The Morgan fingerprint density at radius 2 is 2.00 bits per heavy atom. The first kappa shape index (κ1) is 25.0. The Morgan fingerprint density at radius 3 is 2.61 bits per heavy atom. The van der Waals surface area contributed by atoms with Gasteiger partial charge in [0.1, 0.15) is 5.60 Å². The van der Waals surface area contributed by atoms with E-state index in [0.717, 1.165) is 6.20 Å². The highest BCUT2D eigenvalue weighted by molar-refractivity contribution is 7.91. The molecule has 172 valence electrons. The third kappa shape index (κ3) is 6.61. The Balaban J connectivity index is 2.27. The second-order valence-electron chi connectivity index (χ2n) is 8.76. The number of hydrogen-bond acceptors (Lipinski definition) is 6. The van der Waals surface area contributed by atoms with Gasteiger partial charge in [-0.25, -0.2) is 17.6 Å². The molecule has 31 heavy (non-hydrogen) atoms. The molecule has 0 saturated carbocycles. The summed E-state index contributed by atoms with van der Waals surface area (Å²) < 4.78 is 46.2. The second kappa shape index (κ2) is 9.91. The summed E-state index contributed by atoms with van der Waals surface area (Å²) in [6, 6.07) is 4.61. The van der Waals surface area contributed by atoms with Crippen LogP contribution in [0.5, 0.6) is 0 Å². The van der Waals surface area contributed by atoms with Gasteiger partial charge in [-0.3, -0.25) is 4.98 Å². The van der Waals surface area contributed by atoms with Crippen LogP contribution in [0, 0.1) is 18.7 Å². The van der Waals surface area contributed by atoms with Crippen LogP contribution in [-0.4, -0.2) is 60.6 Å². The van der Waals surface area contributed by atoms with Crippen molar-refractivity contribution in [3.63, 3.8) is 0 Å². The van der Waals surface area contributed by atoms with Gasteiger partial charge in [-0.1, -0.05) is 19.1 Å². The number of nitrogens with zero attached hydrogens (tertiary/aromatic N) is 2. The van der Waals surface area contributed by atoms with Crippen LogP contribution in [0.25, 0.3) is 10.8 Å². The summed E-state index contributed by atoms with van der Waals surface area (Å²) in [7, 11) is -3.85. The fourth-order valence-electron chi connectivity index (χ4n) is 3.36. The smallest absolute Gasteiger partial charge is 0.410 e. The van der Waals surface area contributed by atoms with Gasteiger partial charge in [-0.05, 0) is 46.1 Å². The van der Waals surface area contributed by atoms with Gasteiger partial charge in [-0.2, -0.15) is 0 Å². The molecule has 2 rings (SSSR count). The average Bonchev–Trinajstić information content (AvgIpc) is 2.65. The molecular formula is C22H31FN2O5S. The number of benzene rings is 1. The number of aromatic nitrogens is 1. The van der Waals surface area contributed by atoms with Gasteiger partial charge in [-0.15, -0.1) is 0 Å². The molecular weight excluding hydrogens is 423 g/mol. The first-order valence-corrected chi connectivity index (χ1v) is 11.9. The van der Waals surface area contributed by atoms with Crippen LogP contribution in [0.2, 0.25) is 0 Å². The van der Waals surface area contributed by atoms with E-state index in [9.17, 15) is 17.6 Å². The summed E-state index contributed by atoms with van der Waals surface area (Å²) in [5.41, 5.74) is -0.155. The van der Waals surface area contributed by atoms with Crippen molar-refractivity contribution >= 4 is 26.7 Å². The highest BCUT2D eigenvalue weighted by Crippen LogP contribution is 2.28. The summed E-state index contributed by atoms with van der Waals surface area (Å²) >= 11 is 0. The largest absolute Gasteiger partial charge is 0.444 e.